The maximum Gasteiger partial charge on any atom is 0.220 e. The molecule has 2 fully saturated rings. The minimum atomic E-state index is -1.79. The lowest BCUT2D eigenvalue weighted by molar-refractivity contribution is -0.359. The number of carbonyl (C=O) groups is 1. The predicted molar refractivity (Wildman–Crippen MR) is 276 cm³/mol. The van der Waals surface area contributed by atoms with Crippen molar-refractivity contribution in [1.82, 2.24) is 5.32 Å². The maximum atomic E-state index is 13.1. The first-order valence-electron chi connectivity index (χ1n) is 26.1. The average Bonchev–Trinajstić information content (AvgIpc) is 3.36. The van der Waals surface area contributed by atoms with E-state index in [1.807, 2.05) is 6.08 Å². The van der Waals surface area contributed by atoms with Crippen molar-refractivity contribution in [3.63, 3.8) is 0 Å². The van der Waals surface area contributed by atoms with E-state index in [9.17, 15) is 45.6 Å². The van der Waals surface area contributed by atoms with Crippen molar-refractivity contribution in [3.05, 3.63) is 109 Å². The summed E-state index contributed by atoms with van der Waals surface area (Å²) in [6.45, 7) is 2.50. The summed E-state index contributed by atoms with van der Waals surface area (Å²) in [5.41, 5.74) is 0. The first-order chi connectivity index (χ1) is 34.1. The Labute approximate surface area is 419 Å². The van der Waals surface area contributed by atoms with E-state index in [1.165, 1.54) is 0 Å². The Morgan fingerprint density at radius 2 is 0.986 bits per heavy atom. The van der Waals surface area contributed by atoms with Crippen LogP contribution in [0.25, 0.3) is 0 Å². The van der Waals surface area contributed by atoms with E-state index in [2.05, 4.69) is 116 Å². The van der Waals surface area contributed by atoms with Gasteiger partial charge in [0.05, 0.1) is 32.0 Å². The van der Waals surface area contributed by atoms with Crippen LogP contribution in [-0.2, 0) is 23.7 Å². The van der Waals surface area contributed by atoms with E-state index in [4.69, 9.17) is 18.9 Å². The van der Waals surface area contributed by atoms with Crippen LogP contribution in [0.4, 0.5) is 0 Å². The van der Waals surface area contributed by atoms with Gasteiger partial charge in [-0.25, -0.2) is 0 Å². The lowest BCUT2D eigenvalue weighted by Crippen LogP contribution is -2.65. The Morgan fingerprint density at radius 3 is 1.51 bits per heavy atom. The van der Waals surface area contributed by atoms with Crippen LogP contribution in [0.1, 0.15) is 142 Å². The molecule has 2 heterocycles. The summed E-state index contributed by atoms with van der Waals surface area (Å²) in [5.74, 6) is -0.269. The molecule has 0 spiro atoms. The summed E-state index contributed by atoms with van der Waals surface area (Å²) in [6, 6.07) is -0.926. The normalized spacial score (nSPS) is 26.9. The molecule has 0 aromatic heterocycles. The molecule has 9 N–H and O–H groups in total. The van der Waals surface area contributed by atoms with Gasteiger partial charge >= 0.3 is 0 Å². The van der Waals surface area contributed by atoms with Crippen LogP contribution in [0.3, 0.4) is 0 Å². The van der Waals surface area contributed by atoms with Gasteiger partial charge in [-0.1, -0.05) is 162 Å². The monoisotopic (exact) mass is 986 g/mol. The first-order valence-corrected chi connectivity index (χ1v) is 26.1. The van der Waals surface area contributed by atoms with Crippen molar-refractivity contribution < 1.29 is 64.6 Å². The molecule has 12 unspecified atom stereocenters. The Hall–Kier alpha value is -3.35. The fraction of sp³-hybridized carbons (Fsp3) is 0.661. The largest absolute Gasteiger partial charge is 0.394 e. The minimum absolute atomic E-state index is 0.255. The van der Waals surface area contributed by atoms with Gasteiger partial charge in [0.15, 0.2) is 12.6 Å². The van der Waals surface area contributed by atoms with Gasteiger partial charge in [0, 0.05) is 6.42 Å². The Balaban J connectivity index is 1.65. The van der Waals surface area contributed by atoms with Crippen molar-refractivity contribution in [1.29, 1.82) is 0 Å². The molecule has 0 saturated carbocycles. The van der Waals surface area contributed by atoms with E-state index in [0.717, 1.165) is 116 Å². The van der Waals surface area contributed by atoms with Gasteiger partial charge in [-0.2, -0.15) is 0 Å². The molecule has 2 rings (SSSR count). The third-order valence-corrected chi connectivity index (χ3v) is 12.0. The van der Waals surface area contributed by atoms with Crippen LogP contribution in [-0.4, -0.2) is 140 Å². The second kappa shape index (κ2) is 41.2. The van der Waals surface area contributed by atoms with Crippen LogP contribution in [0.5, 0.6) is 0 Å². The van der Waals surface area contributed by atoms with Crippen molar-refractivity contribution in [2.24, 2.45) is 0 Å². The second-order valence-electron chi connectivity index (χ2n) is 17.9. The van der Waals surface area contributed by atoms with Crippen LogP contribution in [0.2, 0.25) is 0 Å². The predicted octanol–water partition coefficient (Wildman–Crippen LogP) is 7.32. The van der Waals surface area contributed by atoms with E-state index in [1.54, 1.807) is 6.08 Å². The molecule has 14 nitrogen and oxygen atoms in total. The highest BCUT2D eigenvalue weighted by Gasteiger charge is 2.51. The molecule has 0 aromatic carbocycles. The molecule has 12 atom stereocenters. The van der Waals surface area contributed by atoms with Crippen molar-refractivity contribution >= 4 is 5.91 Å². The van der Waals surface area contributed by atoms with Crippen LogP contribution in [0.15, 0.2) is 109 Å². The summed E-state index contributed by atoms with van der Waals surface area (Å²) in [4.78, 5) is 13.1. The Kier molecular flexibility index (Phi) is 36.9. The maximum absolute atomic E-state index is 13.1. The van der Waals surface area contributed by atoms with E-state index in [-0.39, 0.29) is 18.9 Å². The molecule has 2 saturated heterocycles. The summed E-state index contributed by atoms with van der Waals surface area (Å²) in [5, 5.41) is 86.2. The highest BCUT2D eigenvalue weighted by Crippen LogP contribution is 2.30. The summed E-state index contributed by atoms with van der Waals surface area (Å²) in [7, 11) is 0. The number of nitrogens with one attached hydrogen (secondary N) is 1. The number of unbranched alkanes of at least 4 members (excludes halogenated alkanes) is 9. The van der Waals surface area contributed by atoms with Gasteiger partial charge in [-0.05, 0) is 83.5 Å². The molecule has 14 heteroatoms. The zero-order valence-electron chi connectivity index (χ0n) is 42.2. The Bertz CT molecular complexity index is 1590. The van der Waals surface area contributed by atoms with Gasteiger partial charge in [-0.3, -0.25) is 4.79 Å². The van der Waals surface area contributed by atoms with Gasteiger partial charge in [0.1, 0.15) is 48.8 Å². The number of ether oxygens (including phenoxy) is 4. The van der Waals surface area contributed by atoms with Crippen molar-refractivity contribution in [2.75, 3.05) is 19.8 Å². The number of allylic oxidation sites excluding steroid dienone is 17. The number of aliphatic hydroxyl groups is 8. The van der Waals surface area contributed by atoms with Gasteiger partial charge in [0.2, 0.25) is 5.91 Å². The highest BCUT2D eigenvalue weighted by atomic mass is 16.7. The zero-order valence-corrected chi connectivity index (χ0v) is 42.2. The second-order valence-corrected chi connectivity index (χ2v) is 17.9. The van der Waals surface area contributed by atoms with Gasteiger partial charge in [0.25, 0.3) is 0 Å². The summed E-state index contributed by atoms with van der Waals surface area (Å²) in [6.07, 6.45) is 40.6. The first kappa shape index (κ1) is 62.8. The number of rotatable bonds is 38. The fourth-order valence-corrected chi connectivity index (χ4v) is 7.71. The smallest absolute Gasteiger partial charge is 0.220 e. The third kappa shape index (κ3) is 27.5. The van der Waals surface area contributed by atoms with Crippen molar-refractivity contribution in [2.45, 2.75) is 216 Å². The molecule has 0 aromatic rings. The number of hydrogen-bond acceptors (Lipinski definition) is 13. The topological polar surface area (TPSA) is 228 Å². The molecule has 0 bridgehead atoms. The minimum Gasteiger partial charge on any atom is -0.394 e. The van der Waals surface area contributed by atoms with Crippen LogP contribution in [0, 0.1) is 0 Å². The number of hydrogen-bond donors (Lipinski definition) is 9. The molecular weight excluding hydrogens is 895 g/mol. The lowest BCUT2D eigenvalue weighted by Gasteiger charge is -2.46. The van der Waals surface area contributed by atoms with E-state index < -0.39 is 86.8 Å². The number of aliphatic hydroxyl groups excluding tert-OH is 8. The quantitative estimate of drug-likeness (QED) is 0.0219. The average molecular weight is 986 g/mol. The van der Waals surface area contributed by atoms with Crippen LogP contribution >= 0.6 is 0 Å². The molecule has 1 amide bonds. The summed E-state index contributed by atoms with van der Waals surface area (Å²) >= 11 is 0. The SMILES string of the molecule is CC/C=C\C/C=C\C/C=C\C/C=C\C/C=C\C/C=C\C/C=C\C/C=C\CCCCCCCCC(=O)NC(COC1OC(CO)C(OC2OC(CO)C(O)C(O)C2O)C(O)C1O)C(O)/C=C/CCCCC. The van der Waals surface area contributed by atoms with Gasteiger partial charge < -0.3 is 65.1 Å². The van der Waals surface area contributed by atoms with E-state index in [0.29, 0.717) is 6.42 Å². The Morgan fingerprint density at radius 1 is 0.529 bits per heavy atom. The van der Waals surface area contributed by atoms with Crippen molar-refractivity contribution in [3.8, 4) is 0 Å². The summed E-state index contributed by atoms with van der Waals surface area (Å²) < 4.78 is 22.5. The van der Waals surface area contributed by atoms with Crippen LogP contribution < -0.4 is 5.32 Å². The van der Waals surface area contributed by atoms with E-state index >= 15 is 0 Å². The molecule has 398 valence electrons. The number of amides is 1. The molecule has 2 aliphatic rings. The molecule has 2 aliphatic heterocycles. The van der Waals surface area contributed by atoms with Gasteiger partial charge in [-0.15, -0.1) is 0 Å². The zero-order chi connectivity index (χ0) is 51.0. The third-order valence-electron chi connectivity index (χ3n) is 12.0. The lowest BCUT2D eigenvalue weighted by atomic mass is 9.97. The standard InChI is InChI=1S/C56H91NO13/c1-3-5-7-9-10-11-12-13-14-15-16-17-18-19-20-21-22-23-24-25-26-27-28-29-30-31-32-33-34-36-38-40-48(61)57-44(45(60)39-37-35-8-6-4-2)43-67-55-53(66)51(64)54(47(42-59)69-55)70-56-52(65)50(63)49(62)46(41-58)68-56/h5,7,10-11,13-14,16-17,19-20,22-23,25-26,28-29,37,39,44-47,49-56,58-60,62-66H,3-4,6,8-9,12,15,18,21,24,27,30-36,38,40-43H2,1-2H3,(H,57,61)/b7-5-,11-10-,14-13-,17-16-,20-19-,23-22-,26-25-,29-28-,39-37+. The number of carbonyl (C=O) groups excluding carboxylic acids is 1. The molecule has 0 aliphatic carbocycles. The molecule has 0 radical (unpaired) electrons. The molecular formula is C56H91NO13. The highest BCUT2D eigenvalue weighted by molar-refractivity contribution is 5.76. The fourth-order valence-electron chi connectivity index (χ4n) is 7.71. The molecule has 70 heavy (non-hydrogen) atoms.